The predicted molar refractivity (Wildman–Crippen MR) is 128 cm³/mol. The van der Waals surface area contributed by atoms with Crippen LogP contribution in [0.25, 0.3) is 11.4 Å². The average Bonchev–Trinajstić information content (AvgIpc) is 2.83. The van der Waals surface area contributed by atoms with Crippen molar-refractivity contribution < 1.29 is 9.59 Å². The van der Waals surface area contributed by atoms with Gasteiger partial charge in [-0.15, -0.1) is 0 Å². The van der Waals surface area contributed by atoms with Crippen molar-refractivity contribution in [3.63, 3.8) is 0 Å². The first kappa shape index (κ1) is 25.4. The minimum Gasteiger partial charge on any atom is -0.351 e. The van der Waals surface area contributed by atoms with E-state index < -0.39 is 0 Å². The van der Waals surface area contributed by atoms with Gasteiger partial charge in [0.15, 0.2) is 0 Å². The highest BCUT2D eigenvalue weighted by molar-refractivity contribution is 5.96. The van der Waals surface area contributed by atoms with Crippen molar-refractivity contribution in [1.82, 2.24) is 31.2 Å². The van der Waals surface area contributed by atoms with Crippen LogP contribution in [-0.2, 0) is 0 Å². The molecule has 174 valence electrons. The number of nitrogens with one attached hydrogen (secondary N) is 4. The van der Waals surface area contributed by atoms with Crippen LogP contribution in [0.5, 0.6) is 0 Å². The lowest BCUT2D eigenvalue weighted by Crippen LogP contribution is -2.32. The zero-order chi connectivity index (χ0) is 23.0. The van der Waals surface area contributed by atoms with Crippen LogP contribution >= 0.6 is 0 Å². The number of nitrogens with zero attached hydrogens (tertiary/aromatic N) is 2. The molecule has 8 nitrogen and oxygen atoms in total. The molecule has 2 amide bonds. The lowest BCUT2D eigenvalue weighted by molar-refractivity contribution is 0.0945. The first-order chi connectivity index (χ1) is 15.7. The second-order valence-electron chi connectivity index (χ2n) is 7.58. The summed E-state index contributed by atoms with van der Waals surface area (Å²) in [7, 11) is 0. The highest BCUT2D eigenvalue weighted by Crippen LogP contribution is 2.17. The van der Waals surface area contributed by atoms with Gasteiger partial charge in [-0.05, 0) is 50.2 Å². The third-order valence-electron chi connectivity index (χ3n) is 4.90. The molecule has 8 heteroatoms. The van der Waals surface area contributed by atoms with Crippen LogP contribution in [0.15, 0.2) is 36.7 Å². The van der Waals surface area contributed by atoms with Gasteiger partial charge in [-0.3, -0.25) is 19.6 Å². The van der Waals surface area contributed by atoms with Gasteiger partial charge in [0, 0.05) is 49.7 Å². The molecule has 0 aliphatic carbocycles. The Hall–Kier alpha value is -2.84. The number of rotatable bonds is 15. The molecule has 0 saturated carbocycles. The number of hydrogen-bond acceptors (Lipinski definition) is 6. The summed E-state index contributed by atoms with van der Waals surface area (Å²) in [5.41, 5.74) is 2.13. The van der Waals surface area contributed by atoms with Crippen molar-refractivity contribution >= 4 is 11.8 Å². The Labute approximate surface area is 191 Å². The van der Waals surface area contributed by atoms with E-state index in [4.69, 9.17) is 0 Å². The minimum absolute atomic E-state index is 0.157. The number of amides is 2. The third-order valence-corrected chi connectivity index (χ3v) is 4.90. The van der Waals surface area contributed by atoms with Crippen molar-refractivity contribution in [2.45, 2.75) is 39.5 Å². The van der Waals surface area contributed by atoms with E-state index in [0.717, 1.165) is 51.9 Å². The fourth-order valence-electron chi connectivity index (χ4n) is 3.01. The molecule has 0 saturated heterocycles. The van der Waals surface area contributed by atoms with Gasteiger partial charge in [0.25, 0.3) is 11.8 Å². The molecule has 2 aromatic rings. The predicted octanol–water partition coefficient (Wildman–Crippen LogP) is 2.38. The van der Waals surface area contributed by atoms with Crippen LogP contribution < -0.4 is 21.3 Å². The molecular formula is C24H36N6O2. The smallest absolute Gasteiger partial charge is 0.251 e. The van der Waals surface area contributed by atoms with Crippen molar-refractivity contribution in [3.8, 4) is 11.4 Å². The Morgan fingerprint density at radius 3 is 1.53 bits per heavy atom. The first-order valence-electron chi connectivity index (χ1n) is 11.6. The van der Waals surface area contributed by atoms with E-state index in [1.807, 2.05) is 0 Å². The standard InChI is InChI=1S/C24H36N6O2/c1-3-5-9-25-13-15-29-23(31)19-7-11-27-21(17-19)22-18-20(8-12-28-22)24(32)30-16-14-26-10-6-4-2/h7-8,11-12,17-18,25-26H,3-6,9-10,13-16H2,1-2H3,(H,29,31)(H,30,32). The zero-order valence-corrected chi connectivity index (χ0v) is 19.2. The van der Waals surface area contributed by atoms with Crippen LogP contribution in [0, 0.1) is 0 Å². The van der Waals surface area contributed by atoms with E-state index in [-0.39, 0.29) is 11.8 Å². The Morgan fingerprint density at radius 1 is 0.688 bits per heavy atom. The summed E-state index contributed by atoms with van der Waals surface area (Å²) in [6, 6.07) is 6.74. The molecule has 2 aromatic heterocycles. The number of pyridine rings is 2. The van der Waals surface area contributed by atoms with E-state index in [9.17, 15) is 9.59 Å². The molecule has 0 bridgehead atoms. The normalized spacial score (nSPS) is 10.7. The fourth-order valence-corrected chi connectivity index (χ4v) is 3.01. The highest BCUT2D eigenvalue weighted by atomic mass is 16.2. The van der Waals surface area contributed by atoms with Crippen molar-refractivity contribution in [2.24, 2.45) is 0 Å². The number of unbranched alkanes of at least 4 members (excludes halogenated alkanes) is 2. The van der Waals surface area contributed by atoms with Gasteiger partial charge in [0.1, 0.15) is 0 Å². The van der Waals surface area contributed by atoms with E-state index in [1.54, 1.807) is 36.7 Å². The summed E-state index contributed by atoms with van der Waals surface area (Å²) in [5, 5.41) is 12.4. The van der Waals surface area contributed by atoms with Gasteiger partial charge in [0.05, 0.1) is 11.4 Å². The van der Waals surface area contributed by atoms with Crippen LogP contribution in [0.4, 0.5) is 0 Å². The molecule has 0 aliphatic rings. The van der Waals surface area contributed by atoms with E-state index >= 15 is 0 Å². The quantitative estimate of drug-likeness (QED) is 0.317. The summed E-state index contributed by atoms with van der Waals surface area (Å²) in [4.78, 5) is 33.6. The lowest BCUT2D eigenvalue weighted by atomic mass is 10.1. The molecule has 0 aliphatic heterocycles. The second kappa shape index (κ2) is 15.0. The second-order valence-corrected chi connectivity index (χ2v) is 7.58. The lowest BCUT2D eigenvalue weighted by Gasteiger charge is -2.09. The van der Waals surface area contributed by atoms with Gasteiger partial charge in [0.2, 0.25) is 0 Å². The van der Waals surface area contributed by atoms with Gasteiger partial charge in [-0.2, -0.15) is 0 Å². The van der Waals surface area contributed by atoms with Gasteiger partial charge in [-0.1, -0.05) is 26.7 Å². The Balaban J connectivity index is 1.90. The van der Waals surface area contributed by atoms with E-state index in [1.165, 1.54) is 0 Å². The molecule has 0 radical (unpaired) electrons. The summed E-state index contributed by atoms with van der Waals surface area (Å²) in [6.07, 6.45) is 7.71. The molecular weight excluding hydrogens is 404 g/mol. The summed E-state index contributed by atoms with van der Waals surface area (Å²) >= 11 is 0. The summed E-state index contributed by atoms with van der Waals surface area (Å²) < 4.78 is 0. The van der Waals surface area contributed by atoms with Crippen molar-refractivity contribution in [2.75, 3.05) is 39.3 Å². The maximum Gasteiger partial charge on any atom is 0.251 e. The topological polar surface area (TPSA) is 108 Å². The van der Waals surface area contributed by atoms with Crippen LogP contribution in [0.1, 0.15) is 60.2 Å². The summed E-state index contributed by atoms with van der Waals surface area (Å²) in [6.45, 7) is 8.78. The van der Waals surface area contributed by atoms with Gasteiger partial charge >= 0.3 is 0 Å². The summed E-state index contributed by atoms with van der Waals surface area (Å²) in [5.74, 6) is -0.314. The zero-order valence-electron chi connectivity index (χ0n) is 19.2. The van der Waals surface area contributed by atoms with Gasteiger partial charge < -0.3 is 21.3 Å². The van der Waals surface area contributed by atoms with Crippen LogP contribution in [-0.4, -0.2) is 61.1 Å². The molecule has 0 fully saturated rings. The monoisotopic (exact) mass is 440 g/mol. The average molecular weight is 441 g/mol. The Bertz CT molecular complexity index is 773. The minimum atomic E-state index is -0.157. The molecule has 0 atom stereocenters. The molecule has 0 spiro atoms. The van der Waals surface area contributed by atoms with Gasteiger partial charge in [-0.25, -0.2) is 0 Å². The molecule has 4 N–H and O–H groups in total. The molecule has 2 heterocycles. The van der Waals surface area contributed by atoms with E-state index in [0.29, 0.717) is 35.6 Å². The van der Waals surface area contributed by atoms with Crippen LogP contribution in [0.2, 0.25) is 0 Å². The number of hydrogen-bond donors (Lipinski definition) is 4. The largest absolute Gasteiger partial charge is 0.351 e. The SMILES string of the molecule is CCCCNCCNC(=O)c1ccnc(-c2cc(C(=O)NCCNCCCC)ccn2)c1. The Morgan fingerprint density at radius 2 is 1.12 bits per heavy atom. The number of carbonyl (C=O) groups is 2. The van der Waals surface area contributed by atoms with Crippen molar-refractivity contribution in [1.29, 1.82) is 0 Å². The first-order valence-corrected chi connectivity index (χ1v) is 11.6. The van der Waals surface area contributed by atoms with E-state index in [2.05, 4.69) is 45.1 Å². The van der Waals surface area contributed by atoms with Crippen LogP contribution in [0.3, 0.4) is 0 Å². The van der Waals surface area contributed by atoms with Crippen molar-refractivity contribution in [3.05, 3.63) is 47.8 Å². The molecule has 32 heavy (non-hydrogen) atoms. The maximum atomic E-state index is 12.4. The molecule has 2 rings (SSSR count). The number of carbonyl (C=O) groups excluding carboxylic acids is 2. The molecule has 0 unspecified atom stereocenters. The highest BCUT2D eigenvalue weighted by Gasteiger charge is 2.11. The number of aromatic nitrogens is 2. The maximum absolute atomic E-state index is 12.4. The fraction of sp³-hybridized carbons (Fsp3) is 0.500. The molecule has 0 aromatic carbocycles. The third kappa shape index (κ3) is 9.11. The Kier molecular flexibility index (Phi) is 12.0.